The number of hydrogen-bond acceptors (Lipinski definition) is 2. The van der Waals surface area contributed by atoms with Crippen molar-refractivity contribution in [2.45, 2.75) is 13.0 Å². The van der Waals surface area contributed by atoms with Gasteiger partial charge in [0.2, 0.25) is 0 Å². The van der Waals surface area contributed by atoms with Gasteiger partial charge in [-0.2, -0.15) is 0 Å². The van der Waals surface area contributed by atoms with E-state index >= 15 is 0 Å². The van der Waals surface area contributed by atoms with Crippen molar-refractivity contribution in [3.8, 4) is 5.75 Å². The molecule has 2 aromatic rings. The zero-order valence-corrected chi connectivity index (χ0v) is 14.2. The Kier molecular flexibility index (Phi) is 4.73. The summed E-state index contributed by atoms with van der Waals surface area (Å²) in [6, 6.07) is 9.50. The second-order valence-electron chi connectivity index (χ2n) is 4.99. The molecule has 1 amide bonds. The highest BCUT2D eigenvalue weighted by atomic mass is 79.9. The lowest BCUT2D eigenvalue weighted by Crippen LogP contribution is -2.31. The Hall–Kier alpha value is -1.75. The molecule has 0 aliphatic carbocycles. The van der Waals surface area contributed by atoms with Crippen molar-refractivity contribution in [2.75, 3.05) is 14.2 Å². The van der Waals surface area contributed by atoms with Crippen LogP contribution in [-0.4, -0.2) is 29.5 Å². The highest BCUT2D eigenvalue weighted by Gasteiger charge is 2.23. The quantitative estimate of drug-likeness (QED) is 0.843. The van der Waals surface area contributed by atoms with E-state index in [0.717, 1.165) is 15.8 Å². The summed E-state index contributed by atoms with van der Waals surface area (Å²) >= 11 is 3.39. The van der Waals surface area contributed by atoms with E-state index in [1.807, 2.05) is 55.1 Å². The van der Waals surface area contributed by atoms with Crippen molar-refractivity contribution in [3.05, 3.63) is 52.3 Å². The van der Waals surface area contributed by atoms with Crippen LogP contribution < -0.4 is 4.74 Å². The van der Waals surface area contributed by atoms with Crippen LogP contribution in [0.3, 0.4) is 0 Å². The molecule has 1 heterocycles. The largest absolute Gasteiger partial charge is 0.496 e. The van der Waals surface area contributed by atoms with Gasteiger partial charge in [0.15, 0.2) is 0 Å². The normalized spacial score (nSPS) is 12.0. The molecule has 21 heavy (non-hydrogen) atoms. The lowest BCUT2D eigenvalue weighted by atomic mass is 10.1. The minimum Gasteiger partial charge on any atom is -0.496 e. The number of para-hydroxylation sites is 1. The minimum atomic E-state index is -0.0812. The van der Waals surface area contributed by atoms with Gasteiger partial charge in [-0.3, -0.25) is 4.79 Å². The second kappa shape index (κ2) is 6.35. The third-order valence-corrected chi connectivity index (χ3v) is 4.11. The lowest BCUT2D eigenvalue weighted by molar-refractivity contribution is 0.0731. The number of amides is 1. The Labute approximate surface area is 133 Å². The molecule has 0 spiro atoms. The number of rotatable bonds is 4. The van der Waals surface area contributed by atoms with Gasteiger partial charge in [-0.15, -0.1) is 0 Å². The van der Waals surface area contributed by atoms with Gasteiger partial charge in [0.1, 0.15) is 11.4 Å². The predicted molar refractivity (Wildman–Crippen MR) is 86.6 cm³/mol. The molecule has 0 saturated carbocycles. The number of halogens is 1. The van der Waals surface area contributed by atoms with Crippen LogP contribution in [0.5, 0.6) is 5.75 Å². The molecule has 1 aromatic heterocycles. The summed E-state index contributed by atoms with van der Waals surface area (Å²) in [7, 11) is 5.31. The summed E-state index contributed by atoms with van der Waals surface area (Å²) < 4.78 is 8.09. The van der Waals surface area contributed by atoms with Crippen molar-refractivity contribution >= 4 is 21.8 Å². The molecule has 0 aliphatic rings. The van der Waals surface area contributed by atoms with Crippen LogP contribution in [0.25, 0.3) is 0 Å². The van der Waals surface area contributed by atoms with Gasteiger partial charge in [-0.05, 0) is 35.0 Å². The van der Waals surface area contributed by atoms with Crippen molar-refractivity contribution in [2.24, 2.45) is 7.05 Å². The molecule has 1 unspecified atom stereocenters. The Morgan fingerprint density at radius 3 is 2.62 bits per heavy atom. The van der Waals surface area contributed by atoms with E-state index in [4.69, 9.17) is 4.74 Å². The summed E-state index contributed by atoms with van der Waals surface area (Å²) in [5.74, 6) is 0.763. The molecule has 0 radical (unpaired) electrons. The summed E-state index contributed by atoms with van der Waals surface area (Å²) in [5.41, 5.74) is 1.63. The van der Waals surface area contributed by atoms with Crippen molar-refractivity contribution < 1.29 is 9.53 Å². The first kappa shape index (κ1) is 15.6. The van der Waals surface area contributed by atoms with Gasteiger partial charge in [0.05, 0.1) is 13.2 Å². The van der Waals surface area contributed by atoms with Gasteiger partial charge in [0, 0.05) is 30.3 Å². The fourth-order valence-electron chi connectivity index (χ4n) is 2.31. The van der Waals surface area contributed by atoms with E-state index in [9.17, 15) is 4.79 Å². The topological polar surface area (TPSA) is 34.5 Å². The molecule has 0 N–H and O–H groups in total. The summed E-state index contributed by atoms with van der Waals surface area (Å²) in [5, 5.41) is 0. The third kappa shape index (κ3) is 3.13. The third-order valence-electron chi connectivity index (χ3n) is 3.68. The summed E-state index contributed by atoms with van der Waals surface area (Å²) in [4.78, 5) is 14.4. The Morgan fingerprint density at radius 1 is 1.38 bits per heavy atom. The Morgan fingerprint density at radius 2 is 2.05 bits per heavy atom. The maximum atomic E-state index is 12.6. The number of nitrogens with zero attached hydrogens (tertiary/aromatic N) is 2. The monoisotopic (exact) mass is 350 g/mol. The van der Waals surface area contributed by atoms with Gasteiger partial charge in [-0.25, -0.2) is 0 Å². The molecule has 112 valence electrons. The van der Waals surface area contributed by atoms with Crippen molar-refractivity contribution in [3.63, 3.8) is 0 Å². The molecule has 1 atom stereocenters. The first-order valence-electron chi connectivity index (χ1n) is 6.67. The van der Waals surface area contributed by atoms with Gasteiger partial charge >= 0.3 is 0 Å². The van der Waals surface area contributed by atoms with E-state index in [-0.39, 0.29) is 11.9 Å². The first-order chi connectivity index (χ1) is 9.95. The maximum Gasteiger partial charge on any atom is 0.270 e. The van der Waals surface area contributed by atoms with Crippen LogP contribution in [0.1, 0.15) is 29.0 Å². The number of carbonyl (C=O) groups excluding carboxylic acids is 1. The van der Waals surface area contributed by atoms with Crippen LogP contribution in [0, 0.1) is 0 Å². The predicted octanol–water partition coefficient (Wildman–Crippen LogP) is 3.63. The van der Waals surface area contributed by atoms with Crippen LogP contribution in [-0.2, 0) is 7.05 Å². The summed E-state index contributed by atoms with van der Waals surface area (Å²) in [6.07, 6.45) is 1.87. The molecule has 5 heteroatoms. The average molecular weight is 351 g/mol. The van der Waals surface area contributed by atoms with Gasteiger partial charge in [0.25, 0.3) is 5.91 Å². The molecule has 4 nitrogen and oxygen atoms in total. The van der Waals surface area contributed by atoms with Gasteiger partial charge < -0.3 is 14.2 Å². The Balaban J connectivity index is 2.28. The van der Waals surface area contributed by atoms with Crippen LogP contribution >= 0.6 is 15.9 Å². The molecule has 2 rings (SSSR count). The zero-order chi connectivity index (χ0) is 15.6. The number of carbonyl (C=O) groups is 1. The maximum absolute atomic E-state index is 12.6. The van der Waals surface area contributed by atoms with Gasteiger partial charge in [-0.1, -0.05) is 18.2 Å². The van der Waals surface area contributed by atoms with Crippen LogP contribution in [0.4, 0.5) is 0 Å². The van der Waals surface area contributed by atoms with E-state index in [0.29, 0.717) is 5.69 Å². The molecular formula is C16H19BrN2O2. The molecule has 0 saturated heterocycles. The molecule has 0 bridgehead atoms. The number of aryl methyl sites for hydroxylation is 1. The smallest absolute Gasteiger partial charge is 0.270 e. The van der Waals surface area contributed by atoms with Crippen molar-refractivity contribution in [1.29, 1.82) is 0 Å². The molecule has 0 fully saturated rings. The lowest BCUT2D eigenvalue weighted by Gasteiger charge is -2.26. The second-order valence-corrected chi connectivity index (χ2v) is 5.90. The SMILES string of the molecule is COc1ccccc1C(C)N(C)C(=O)c1cc(Br)cn1C. The number of aromatic nitrogens is 1. The highest BCUT2D eigenvalue weighted by Crippen LogP contribution is 2.29. The Bertz CT molecular complexity index is 651. The summed E-state index contributed by atoms with van der Waals surface area (Å²) in [6.45, 7) is 1.99. The molecule has 1 aromatic carbocycles. The van der Waals surface area contributed by atoms with E-state index < -0.39 is 0 Å². The van der Waals surface area contributed by atoms with Crippen molar-refractivity contribution in [1.82, 2.24) is 9.47 Å². The van der Waals surface area contributed by atoms with E-state index in [1.54, 1.807) is 19.1 Å². The number of hydrogen-bond donors (Lipinski definition) is 0. The fourth-order valence-corrected chi connectivity index (χ4v) is 2.84. The number of ether oxygens (including phenoxy) is 1. The first-order valence-corrected chi connectivity index (χ1v) is 7.47. The van der Waals surface area contributed by atoms with E-state index in [2.05, 4.69) is 15.9 Å². The number of benzene rings is 1. The molecule has 0 aliphatic heterocycles. The minimum absolute atomic E-state index is 0.0263. The zero-order valence-electron chi connectivity index (χ0n) is 12.6. The number of methoxy groups -OCH3 is 1. The van der Waals surface area contributed by atoms with Crippen LogP contribution in [0.2, 0.25) is 0 Å². The fraction of sp³-hybridized carbons (Fsp3) is 0.312. The highest BCUT2D eigenvalue weighted by molar-refractivity contribution is 9.10. The van der Waals surface area contributed by atoms with E-state index in [1.165, 1.54) is 0 Å². The standard InChI is InChI=1S/C16H19BrN2O2/c1-11(13-7-5-6-8-15(13)21-4)19(3)16(20)14-9-12(17)10-18(14)2/h5-11H,1-4H3. The molecular weight excluding hydrogens is 332 g/mol. The van der Waals surface area contributed by atoms with Crippen LogP contribution in [0.15, 0.2) is 41.0 Å². The average Bonchev–Trinajstić information content (AvgIpc) is 2.83.